The molecule has 84 heavy (non-hydrogen) atoms. The Morgan fingerprint density at radius 1 is 0.631 bits per heavy atom. The number of aliphatic carboxylic acids is 1. The number of ether oxygens (including phenoxy) is 4. The van der Waals surface area contributed by atoms with Gasteiger partial charge in [0, 0.05) is 76.0 Å². The molecule has 0 saturated carbocycles. The Morgan fingerprint density at radius 2 is 1.08 bits per heavy atom. The molecule has 0 aliphatic carbocycles. The molecule has 0 spiro atoms. The number of amides is 5. The van der Waals surface area contributed by atoms with Crippen molar-refractivity contribution in [1.29, 1.82) is 0 Å². The van der Waals surface area contributed by atoms with Crippen LogP contribution < -0.4 is 16.4 Å². The number of rotatable bonds is 20. The highest BCUT2D eigenvalue weighted by atomic mass is 35.6. The van der Waals surface area contributed by atoms with Crippen LogP contribution in [0.4, 0.5) is 4.79 Å². The van der Waals surface area contributed by atoms with Crippen LogP contribution in [-0.4, -0.2) is 196 Å². The monoisotopic (exact) mass is 1400 g/mol. The van der Waals surface area contributed by atoms with E-state index in [-0.39, 0.29) is 101 Å². The number of fused-ring (bicyclic) bond motifs is 3. The van der Waals surface area contributed by atoms with E-state index >= 15 is 0 Å². The Bertz CT molecular complexity index is 2780. The van der Waals surface area contributed by atoms with Crippen LogP contribution in [0.15, 0.2) is 33.8 Å². The molecule has 3 fully saturated rings. The summed E-state index contributed by atoms with van der Waals surface area (Å²) in [6, 6.07) is -2.38. The Morgan fingerprint density at radius 3 is 1.54 bits per heavy atom. The van der Waals surface area contributed by atoms with Gasteiger partial charge in [0.05, 0.1) is 34.6 Å². The van der Waals surface area contributed by atoms with Crippen LogP contribution in [0.25, 0.3) is 0 Å². The predicted octanol–water partition coefficient (Wildman–Crippen LogP) is 3.69. The van der Waals surface area contributed by atoms with Gasteiger partial charge in [-0.2, -0.15) is 0 Å². The first-order valence-corrected chi connectivity index (χ1v) is 31.0. The largest absolute Gasteiger partial charge is 0.510 e. The first-order chi connectivity index (χ1) is 38.9. The molecular formula is C47H56Cl8N6O20S3. The summed E-state index contributed by atoms with van der Waals surface area (Å²) in [5, 5.41) is 22.1. The second kappa shape index (κ2) is 32.8. The average Bonchev–Trinajstić information content (AvgIpc) is 3.54. The number of carboxylic acids is 1. The van der Waals surface area contributed by atoms with E-state index in [1.165, 1.54) is 74.9 Å². The van der Waals surface area contributed by atoms with E-state index in [1.807, 2.05) is 0 Å². The fraction of sp³-hybridized carbons (Fsp3) is 0.596. The number of carbonyl (C=O) groups excluding carboxylic acids is 12. The van der Waals surface area contributed by atoms with Gasteiger partial charge < -0.3 is 55.1 Å². The van der Waals surface area contributed by atoms with E-state index in [2.05, 4.69) is 20.1 Å². The van der Waals surface area contributed by atoms with E-state index < -0.39 is 107 Å². The summed E-state index contributed by atoms with van der Waals surface area (Å²) < 4.78 is 27.5. The lowest BCUT2D eigenvalue weighted by Crippen LogP contribution is -2.73. The first-order valence-electron chi connectivity index (χ1n) is 24.4. The first kappa shape index (κ1) is 74.3. The van der Waals surface area contributed by atoms with Crippen LogP contribution in [0.2, 0.25) is 0 Å². The molecule has 6 aliphatic heterocycles. The molecule has 6 N–H and O–H groups in total. The molecule has 3 saturated heterocycles. The number of carboxylic acid groups (broad SMARTS) is 1. The lowest BCUT2D eigenvalue weighted by Gasteiger charge is -2.50. The van der Waals surface area contributed by atoms with Crippen LogP contribution in [0.3, 0.4) is 0 Å². The summed E-state index contributed by atoms with van der Waals surface area (Å²) >= 11 is 45.9. The maximum absolute atomic E-state index is 12.8. The number of hydrogen-bond donors (Lipinski definition) is 5. The van der Waals surface area contributed by atoms with E-state index in [1.54, 1.807) is 0 Å². The molecule has 0 aromatic heterocycles. The topological polar surface area (TPSA) is 376 Å². The normalized spacial score (nSPS) is 22.9. The predicted molar refractivity (Wildman–Crippen MR) is 309 cm³/mol. The second-order valence-corrected chi connectivity index (χ2v) is 27.6. The van der Waals surface area contributed by atoms with Crippen molar-refractivity contribution in [2.75, 3.05) is 37.1 Å². The van der Waals surface area contributed by atoms with Crippen molar-refractivity contribution in [2.45, 2.75) is 133 Å². The van der Waals surface area contributed by atoms with Crippen molar-refractivity contribution in [1.82, 2.24) is 25.3 Å². The van der Waals surface area contributed by atoms with Crippen molar-refractivity contribution in [3.8, 4) is 0 Å². The fourth-order valence-corrected chi connectivity index (χ4v) is 12.7. The zero-order chi connectivity index (χ0) is 64.0. The lowest BCUT2D eigenvalue weighted by atomic mass is 10.0. The lowest BCUT2D eigenvalue weighted by molar-refractivity contribution is -0.148. The summed E-state index contributed by atoms with van der Waals surface area (Å²) in [6.07, 6.45) is 0.243. The quantitative estimate of drug-likeness (QED) is 0.0502. The van der Waals surface area contributed by atoms with Gasteiger partial charge in [-0.1, -0.05) is 92.8 Å². The Labute approximate surface area is 530 Å². The van der Waals surface area contributed by atoms with Crippen LogP contribution in [0.5, 0.6) is 0 Å². The number of β-lactam (4-membered cyclic amide) rings is 3. The Hall–Kier alpha value is -3.98. The minimum atomic E-state index is -2.11. The molecule has 3 unspecified atom stereocenters. The number of allylic oxidation sites excluding steroid dienone is 2. The average molecular weight is 1400 g/mol. The van der Waals surface area contributed by atoms with Crippen LogP contribution >= 0.6 is 116 Å². The van der Waals surface area contributed by atoms with Gasteiger partial charge in [0.2, 0.25) is 36.4 Å². The highest BCUT2D eigenvalue weighted by Crippen LogP contribution is 2.42. The minimum Gasteiger partial charge on any atom is -0.477 e. The van der Waals surface area contributed by atoms with Crippen LogP contribution in [-0.2, 0) is 87.3 Å². The number of carbonyl (C=O) groups is 13. The molecule has 0 radical (unpaired) electrons. The second-order valence-electron chi connectivity index (χ2n) is 18.4. The van der Waals surface area contributed by atoms with E-state index in [4.69, 9.17) is 113 Å². The number of alkyl halides is 8. The summed E-state index contributed by atoms with van der Waals surface area (Å²) in [4.78, 5) is 154. The number of halogens is 8. The maximum atomic E-state index is 12.8. The van der Waals surface area contributed by atoms with Gasteiger partial charge >= 0.3 is 24.1 Å². The minimum absolute atomic E-state index is 0.0229. The molecule has 0 aromatic carbocycles. The molecule has 0 bridgehead atoms. The number of nitrogens with two attached hydrogens (primary N) is 1. The SMILES string of the molecule is CC(=O)CCCC(=O)N[C@@H]1C(=O)N2C(C(C)=O)=C(CO)CS[C@H]12.CC(=O)CCCC(=O)N[C@@H]1C(=O)N2C(C(C)=O)=C(COC(=O)OC(Cl)C(Cl)(Cl)Cl)CS(=O)[C@H]12.CC(=O)OC(Cl)C(Cl)(Cl)Cl.CC(=O)OCC1=C(C(=O)O)N2C(=O)[C@@H](N)[C@H]2SC1. The number of aliphatic hydroxyl groups is 1. The third-order valence-corrected chi connectivity index (χ3v) is 18.7. The molecule has 37 heteroatoms. The molecule has 9 atom stereocenters. The van der Waals surface area contributed by atoms with Gasteiger partial charge in [0.15, 0.2) is 11.6 Å². The summed E-state index contributed by atoms with van der Waals surface area (Å²) in [5.41, 5.74) is 3.84. The third-order valence-electron chi connectivity index (χ3n) is 11.7. The van der Waals surface area contributed by atoms with Crippen molar-refractivity contribution < 1.29 is 95.7 Å². The van der Waals surface area contributed by atoms with Gasteiger partial charge in [-0.05, 0) is 32.3 Å². The summed E-state index contributed by atoms with van der Waals surface area (Å²) in [5.74, 6) is -4.59. The smallest absolute Gasteiger partial charge is 0.477 e. The number of nitrogens with one attached hydrogen (secondary N) is 2. The number of thioether (sulfide) groups is 2. The van der Waals surface area contributed by atoms with E-state index in [0.717, 1.165) is 4.90 Å². The van der Waals surface area contributed by atoms with Gasteiger partial charge in [-0.3, -0.25) is 62.1 Å². The molecule has 6 heterocycles. The molecule has 0 aromatic rings. The van der Waals surface area contributed by atoms with Gasteiger partial charge in [-0.15, -0.1) is 23.5 Å². The highest BCUT2D eigenvalue weighted by Gasteiger charge is 2.57. The molecule has 5 amide bonds. The Balaban J connectivity index is 0.000000316. The Kier molecular flexibility index (Phi) is 29.0. The fourth-order valence-electron chi connectivity index (χ4n) is 8.01. The van der Waals surface area contributed by atoms with E-state index in [9.17, 15) is 71.6 Å². The molecule has 26 nitrogen and oxygen atoms in total. The van der Waals surface area contributed by atoms with E-state index in [0.29, 0.717) is 41.9 Å². The zero-order valence-corrected chi connectivity index (χ0v) is 53.5. The van der Waals surface area contributed by atoms with Crippen molar-refractivity contribution in [3.63, 3.8) is 0 Å². The zero-order valence-electron chi connectivity index (χ0n) is 45.0. The number of Topliss-reactive ketones (excluding diaryl/α,β-unsaturated/α-hetero) is 4. The number of nitrogens with zero attached hydrogens (tertiary/aromatic N) is 3. The van der Waals surface area contributed by atoms with Crippen molar-refractivity contribution in [3.05, 3.63) is 33.8 Å². The van der Waals surface area contributed by atoms with Gasteiger partial charge in [0.1, 0.15) is 64.7 Å². The number of aliphatic hydroxyl groups excluding tert-OH is 1. The van der Waals surface area contributed by atoms with Gasteiger partial charge in [-0.25, -0.2) is 9.59 Å². The maximum Gasteiger partial charge on any atom is 0.510 e. The standard InChI is InChI=1S/C18H20Cl4N2O8S.C15H20N2O5S.C10H12N2O5S.C4H4Cl4O2/c1-8(25)4-3-5-11(27)23-12-14(28)24-13(9(2)26)10(7-33(30)15(12)24)6-31-17(29)32-16(19)18(20,21)22;1-8(19)4-3-5-11(21)16-12-14(22)17-13(9(2)20)10(6-18)7-23-15(12)17;1-4(13)17-2-5-3-18-9-6(11)8(14)12(9)7(5)10(15)16;1-2(9)10-3(5)4(6,7)8/h12,15-16H,3-7H2,1-2H3,(H,23,27);12,15,18H,3-7H2,1-2H3,(H,16,21);6,9H,2-3,11H2,1H3,(H,15,16);3H,1H3/t12-,15-,16?,33?;12-,15-;6-,9-;/m111./s1. The highest BCUT2D eigenvalue weighted by molar-refractivity contribution is 8.00. The number of ketones is 4. The molecular weight excluding hydrogens is 1350 g/mol. The molecule has 6 aliphatic rings. The summed E-state index contributed by atoms with van der Waals surface area (Å²) in [6.45, 7) is 6.94. The van der Waals surface area contributed by atoms with Crippen LogP contribution in [0.1, 0.15) is 80.1 Å². The van der Waals surface area contributed by atoms with Crippen molar-refractivity contribution in [2.24, 2.45) is 5.73 Å². The molecule has 6 rings (SSSR count). The number of hydrogen-bond acceptors (Lipinski definition) is 22. The molecule has 468 valence electrons. The van der Waals surface area contributed by atoms with Crippen LogP contribution in [0, 0.1) is 0 Å². The summed E-state index contributed by atoms with van der Waals surface area (Å²) in [7, 11) is -1.71. The van der Waals surface area contributed by atoms with Crippen molar-refractivity contribution >= 4 is 204 Å². The third kappa shape index (κ3) is 20.6. The number of esters is 2. The van der Waals surface area contributed by atoms with Gasteiger partial charge in [0.25, 0.3) is 11.8 Å².